The standard InChI is InChI=1S/C17H21N7O/c1-14-11-16(25-19-14)12-22-7-9-23(10-8-22)13-17-18-20-21-24(17)15-5-3-2-4-6-15/h2-6,11H,7-10,12-13H2,1H3. The van der Waals surface area contributed by atoms with Crippen molar-refractivity contribution in [2.75, 3.05) is 26.2 Å². The molecule has 0 aliphatic carbocycles. The van der Waals surface area contributed by atoms with Crippen molar-refractivity contribution < 1.29 is 4.52 Å². The second kappa shape index (κ2) is 7.12. The van der Waals surface area contributed by atoms with Gasteiger partial charge in [0.25, 0.3) is 0 Å². The first-order chi connectivity index (χ1) is 12.3. The fraction of sp³-hybridized carbons (Fsp3) is 0.412. The van der Waals surface area contributed by atoms with E-state index < -0.39 is 0 Å². The summed E-state index contributed by atoms with van der Waals surface area (Å²) in [6, 6.07) is 12.0. The maximum absolute atomic E-state index is 5.31. The van der Waals surface area contributed by atoms with Crippen molar-refractivity contribution in [3.63, 3.8) is 0 Å². The largest absolute Gasteiger partial charge is 0.360 e. The average Bonchev–Trinajstić information content (AvgIpc) is 3.26. The van der Waals surface area contributed by atoms with Crippen LogP contribution in [0.4, 0.5) is 0 Å². The van der Waals surface area contributed by atoms with Gasteiger partial charge in [-0.1, -0.05) is 23.4 Å². The van der Waals surface area contributed by atoms with Gasteiger partial charge in [0.15, 0.2) is 11.6 Å². The summed E-state index contributed by atoms with van der Waals surface area (Å²) < 4.78 is 7.12. The molecule has 3 aromatic rings. The number of hydrogen-bond acceptors (Lipinski definition) is 7. The highest BCUT2D eigenvalue weighted by molar-refractivity contribution is 5.30. The predicted molar refractivity (Wildman–Crippen MR) is 90.9 cm³/mol. The molecule has 1 aromatic carbocycles. The van der Waals surface area contributed by atoms with E-state index in [2.05, 4.69) is 30.5 Å². The number of para-hydroxylation sites is 1. The summed E-state index contributed by atoms with van der Waals surface area (Å²) in [6.07, 6.45) is 0. The second-order valence-electron chi connectivity index (χ2n) is 6.33. The summed E-state index contributed by atoms with van der Waals surface area (Å²) in [4.78, 5) is 4.77. The van der Waals surface area contributed by atoms with Crippen molar-refractivity contribution in [1.29, 1.82) is 0 Å². The van der Waals surface area contributed by atoms with E-state index in [0.29, 0.717) is 0 Å². The summed E-state index contributed by atoms with van der Waals surface area (Å²) >= 11 is 0. The number of hydrogen-bond donors (Lipinski definition) is 0. The summed E-state index contributed by atoms with van der Waals surface area (Å²) in [5.74, 6) is 1.80. The van der Waals surface area contributed by atoms with Crippen LogP contribution in [0.3, 0.4) is 0 Å². The average molecular weight is 339 g/mol. The SMILES string of the molecule is Cc1cc(CN2CCN(Cc3nnnn3-c3ccccc3)CC2)on1. The Bertz CT molecular complexity index is 805. The van der Waals surface area contributed by atoms with Gasteiger partial charge < -0.3 is 4.52 Å². The lowest BCUT2D eigenvalue weighted by Crippen LogP contribution is -2.45. The molecule has 0 atom stereocenters. The minimum Gasteiger partial charge on any atom is -0.360 e. The topological polar surface area (TPSA) is 76.1 Å². The number of nitrogens with zero attached hydrogens (tertiary/aromatic N) is 7. The molecule has 3 heterocycles. The molecule has 1 aliphatic rings. The smallest absolute Gasteiger partial charge is 0.170 e. The first kappa shape index (κ1) is 15.9. The Morgan fingerprint density at radius 1 is 1.00 bits per heavy atom. The van der Waals surface area contributed by atoms with Gasteiger partial charge in [-0.05, 0) is 29.5 Å². The number of piperazine rings is 1. The van der Waals surface area contributed by atoms with Crippen molar-refractivity contribution in [1.82, 2.24) is 35.2 Å². The molecule has 0 N–H and O–H groups in total. The highest BCUT2D eigenvalue weighted by Crippen LogP contribution is 2.13. The molecule has 0 radical (unpaired) electrons. The normalized spacial score (nSPS) is 16.4. The van der Waals surface area contributed by atoms with Crippen LogP contribution in [0.15, 0.2) is 40.9 Å². The highest BCUT2D eigenvalue weighted by Gasteiger charge is 2.20. The van der Waals surface area contributed by atoms with Gasteiger partial charge in [-0.15, -0.1) is 5.10 Å². The van der Waals surface area contributed by atoms with Crippen LogP contribution in [0.5, 0.6) is 0 Å². The molecule has 8 heteroatoms. The fourth-order valence-corrected chi connectivity index (χ4v) is 3.09. The lowest BCUT2D eigenvalue weighted by Gasteiger charge is -2.33. The summed E-state index contributed by atoms with van der Waals surface area (Å²) in [5.41, 5.74) is 1.92. The van der Waals surface area contributed by atoms with Crippen LogP contribution in [0.25, 0.3) is 5.69 Å². The maximum atomic E-state index is 5.31. The Morgan fingerprint density at radius 2 is 1.72 bits per heavy atom. The van der Waals surface area contributed by atoms with Gasteiger partial charge >= 0.3 is 0 Å². The first-order valence-electron chi connectivity index (χ1n) is 8.47. The van der Waals surface area contributed by atoms with Gasteiger partial charge in [-0.25, -0.2) is 0 Å². The molecule has 0 amide bonds. The molecule has 0 saturated carbocycles. The van der Waals surface area contributed by atoms with Crippen LogP contribution in [0.1, 0.15) is 17.3 Å². The quantitative estimate of drug-likeness (QED) is 0.693. The van der Waals surface area contributed by atoms with E-state index in [-0.39, 0.29) is 0 Å². The van der Waals surface area contributed by atoms with E-state index in [9.17, 15) is 0 Å². The molecule has 2 aromatic heterocycles. The van der Waals surface area contributed by atoms with Crippen LogP contribution in [-0.4, -0.2) is 61.3 Å². The van der Waals surface area contributed by atoms with Crippen LogP contribution >= 0.6 is 0 Å². The van der Waals surface area contributed by atoms with Gasteiger partial charge in [-0.3, -0.25) is 9.80 Å². The molecule has 4 rings (SSSR count). The van der Waals surface area contributed by atoms with E-state index in [1.54, 1.807) is 0 Å². The Kier molecular flexibility index (Phi) is 4.53. The molecule has 1 aliphatic heterocycles. The minimum atomic E-state index is 0.747. The monoisotopic (exact) mass is 339 g/mol. The van der Waals surface area contributed by atoms with Gasteiger partial charge in [-0.2, -0.15) is 4.68 Å². The van der Waals surface area contributed by atoms with Crippen molar-refractivity contribution in [2.24, 2.45) is 0 Å². The third kappa shape index (κ3) is 3.75. The summed E-state index contributed by atoms with van der Waals surface area (Å²) in [7, 11) is 0. The fourth-order valence-electron chi connectivity index (χ4n) is 3.09. The van der Waals surface area contributed by atoms with Gasteiger partial charge in [0.2, 0.25) is 0 Å². The van der Waals surface area contributed by atoms with Crippen LogP contribution in [0, 0.1) is 6.92 Å². The molecule has 1 fully saturated rings. The molecular formula is C17H21N7O. The van der Waals surface area contributed by atoms with E-state index in [1.165, 1.54) is 0 Å². The third-order valence-corrected chi connectivity index (χ3v) is 4.42. The molecule has 130 valence electrons. The maximum Gasteiger partial charge on any atom is 0.170 e. The molecule has 8 nitrogen and oxygen atoms in total. The van der Waals surface area contributed by atoms with E-state index in [0.717, 1.165) is 62.2 Å². The number of rotatable bonds is 5. The van der Waals surface area contributed by atoms with E-state index >= 15 is 0 Å². The van der Waals surface area contributed by atoms with E-state index in [1.807, 2.05) is 48.0 Å². The van der Waals surface area contributed by atoms with Crippen molar-refractivity contribution in [3.8, 4) is 5.69 Å². The Balaban J connectivity index is 1.34. The number of aryl methyl sites for hydroxylation is 1. The zero-order chi connectivity index (χ0) is 17.1. The first-order valence-corrected chi connectivity index (χ1v) is 8.47. The zero-order valence-corrected chi connectivity index (χ0v) is 14.2. The van der Waals surface area contributed by atoms with Crippen molar-refractivity contribution >= 4 is 0 Å². The van der Waals surface area contributed by atoms with Crippen molar-refractivity contribution in [2.45, 2.75) is 20.0 Å². The van der Waals surface area contributed by atoms with Crippen LogP contribution < -0.4 is 0 Å². The molecule has 0 unspecified atom stereocenters. The Morgan fingerprint density at radius 3 is 2.40 bits per heavy atom. The van der Waals surface area contributed by atoms with Gasteiger partial charge in [0, 0.05) is 32.2 Å². The van der Waals surface area contributed by atoms with Crippen LogP contribution in [-0.2, 0) is 13.1 Å². The Labute approximate surface area is 146 Å². The molecule has 0 spiro atoms. The zero-order valence-electron chi connectivity index (χ0n) is 14.2. The van der Waals surface area contributed by atoms with Crippen molar-refractivity contribution in [3.05, 3.63) is 53.7 Å². The molecule has 1 saturated heterocycles. The van der Waals surface area contributed by atoms with Gasteiger partial charge in [0.05, 0.1) is 24.5 Å². The number of aromatic nitrogens is 5. The molecular weight excluding hydrogens is 318 g/mol. The Hall–Kier alpha value is -2.58. The van der Waals surface area contributed by atoms with E-state index in [4.69, 9.17) is 4.52 Å². The third-order valence-electron chi connectivity index (χ3n) is 4.42. The molecule has 25 heavy (non-hydrogen) atoms. The summed E-state index contributed by atoms with van der Waals surface area (Å²) in [5, 5.41) is 16.1. The molecule has 0 bridgehead atoms. The van der Waals surface area contributed by atoms with Crippen LogP contribution in [0.2, 0.25) is 0 Å². The highest BCUT2D eigenvalue weighted by atomic mass is 16.5. The summed E-state index contributed by atoms with van der Waals surface area (Å²) in [6.45, 7) is 7.46. The predicted octanol–water partition coefficient (Wildman–Crippen LogP) is 1.28. The lowest BCUT2D eigenvalue weighted by atomic mass is 10.2. The second-order valence-corrected chi connectivity index (χ2v) is 6.33. The number of benzene rings is 1. The number of tetrazole rings is 1. The minimum absolute atomic E-state index is 0.747. The van der Waals surface area contributed by atoms with Gasteiger partial charge in [0.1, 0.15) is 0 Å². The lowest BCUT2D eigenvalue weighted by molar-refractivity contribution is 0.111.